The second kappa shape index (κ2) is 5.22. The molecule has 0 saturated heterocycles. The quantitative estimate of drug-likeness (QED) is 0.747. The van der Waals surface area contributed by atoms with Crippen LogP contribution in [0.15, 0.2) is 47.0 Å². The summed E-state index contributed by atoms with van der Waals surface area (Å²) in [7, 11) is 0. The first kappa shape index (κ1) is 13.6. The van der Waals surface area contributed by atoms with Gasteiger partial charge in [-0.15, -0.1) is 0 Å². The molecular formula is C16H12ClFN2O. The fourth-order valence-electron chi connectivity index (χ4n) is 2.20. The third kappa shape index (κ3) is 2.38. The number of nitrogen functional groups attached to an aromatic ring is 1. The predicted octanol–water partition coefficient (Wildman–Crippen LogP) is 4.69. The van der Waals surface area contributed by atoms with Gasteiger partial charge in [-0.2, -0.15) is 0 Å². The van der Waals surface area contributed by atoms with Gasteiger partial charge in [-0.1, -0.05) is 41.0 Å². The van der Waals surface area contributed by atoms with Gasteiger partial charge in [0, 0.05) is 5.56 Å². The summed E-state index contributed by atoms with van der Waals surface area (Å²) in [5.41, 5.74) is 8.87. The Morgan fingerprint density at radius 1 is 1.14 bits per heavy atom. The summed E-state index contributed by atoms with van der Waals surface area (Å²) >= 11 is 6.33. The predicted molar refractivity (Wildman–Crippen MR) is 81.5 cm³/mol. The largest absolute Gasteiger partial charge is 0.380 e. The van der Waals surface area contributed by atoms with E-state index in [9.17, 15) is 4.39 Å². The van der Waals surface area contributed by atoms with E-state index in [1.165, 1.54) is 12.1 Å². The first-order valence-corrected chi connectivity index (χ1v) is 6.72. The van der Waals surface area contributed by atoms with Crippen LogP contribution in [0.3, 0.4) is 0 Å². The second-order valence-corrected chi connectivity index (χ2v) is 5.09. The highest BCUT2D eigenvalue weighted by Gasteiger charge is 2.20. The third-order valence-electron chi connectivity index (χ3n) is 3.29. The van der Waals surface area contributed by atoms with E-state index < -0.39 is 0 Å². The van der Waals surface area contributed by atoms with Crippen LogP contribution in [-0.4, -0.2) is 5.16 Å². The van der Waals surface area contributed by atoms with E-state index in [2.05, 4.69) is 5.16 Å². The summed E-state index contributed by atoms with van der Waals surface area (Å²) in [5, 5.41) is 4.39. The molecule has 0 saturated carbocycles. The van der Waals surface area contributed by atoms with E-state index >= 15 is 0 Å². The molecule has 0 bridgehead atoms. The number of nitrogens with zero attached hydrogens (tertiary/aromatic N) is 1. The van der Waals surface area contributed by atoms with Crippen molar-refractivity contribution < 1.29 is 8.91 Å². The number of hydrogen-bond donors (Lipinski definition) is 1. The van der Waals surface area contributed by atoms with Gasteiger partial charge in [0.15, 0.2) is 11.6 Å². The lowest BCUT2D eigenvalue weighted by Crippen LogP contribution is -1.90. The number of halogens is 2. The molecule has 0 spiro atoms. The molecule has 0 radical (unpaired) electrons. The molecule has 3 aromatic rings. The molecule has 1 heterocycles. The maximum Gasteiger partial charge on any atom is 0.178 e. The molecule has 0 atom stereocenters. The van der Waals surface area contributed by atoms with Crippen LogP contribution in [0.5, 0.6) is 0 Å². The standard InChI is InChI=1S/C16H12ClFN2O/c1-9-3-2-4-12(14(9)17)15-13(16(19)20-21-15)10-5-7-11(18)8-6-10/h2-8H,1H3,(H2,19,20). The van der Waals surface area contributed by atoms with Gasteiger partial charge in [-0.3, -0.25) is 0 Å². The molecule has 0 amide bonds. The number of rotatable bonds is 2. The summed E-state index contributed by atoms with van der Waals surface area (Å²) in [5.74, 6) is 0.408. The Bertz CT molecular complexity index is 797. The zero-order valence-corrected chi connectivity index (χ0v) is 12.0. The zero-order chi connectivity index (χ0) is 15.0. The van der Waals surface area contributed by atoms with Crippen LogP contribution < -0.4 is 5.73 Å². The van der Waals surface area contributed by atoms with Gasteiger partial charge in [-0.05, 0) is 36.2 Å². The van der Waals surface area contributed by atoms with Crippen LogP contribution in [0.25, 0.3) is 22.5 Å². The molecule has 0 fully saturated rings. The van der Waals surface area contributed by atoms with Gasteiger partial charge in [0.2, 0.25) is 0 Å². The fraction of sp³-hybridized carbons (Fsp3) is 0.0625. The highest BCUT2D eigenvalue weighted by molar-refractivity contribution is 6.34. The topological polar surface area (TPSA) is 52.0 Å². The Morgan fingerprint density at radius 3 is 2.57 bits per heavy atom. The highest BCUT2D eigenvalue weighted by Crippen LogP contribution is 2.40. The van der Waals surface area contributed by atoms with Crippen molar-refractivity contribution in [1.29, 1.82) is 0 Å². The molecule has 106 valence electrons. The first-order valence-electron chi connectivity index (χ1n) is 6.34. The van der Waals surface area contributed by atoms with Crippen molar-refractivity contribution in [3.8, 4) is 22.5 Å². The summed E-state index contributed by atoms with van der Waals surface area (Å²) < 4.78 is 18.4. The van der Waals surface area contributed by atoms with Crippen LogP contribution in [0.2, 0.25) is 5.02 Å². The van der Waals surface area contributed by atoms with Crippen molar-refractivity contribution in [2.24, 2.45) is 0 Å². The number of aryl methyl sites for hydroxylation is 1. The van der Waals surface area contributed by atoms with Gasteiger partial charge < -0.3 is 10.3 Å². The van der Waals surface area contributed by atoms with Gasteiger partial charge in [-0.25, -0.2) is 4.39 Å². The minimum absolute atomic E-state index is 0.245. The van der Waals surface area contributed by atoms with Crippen LogP contribution in [0, 0.1) is 12.7 Å². The van der Waals surface area contributed by atoms with Gasteiger partial charge in [0.1, 0.15) is 5.82 Å². The van der Waals surface area contributed by atoms with Crippen molar-refractivity contribution in [2.45, 2.75) is 6.92 Å². The molecule has 0 aliphatic carbocycles. The van der Waals surface area contributed by atoms with Crippen LogP contribution in [-0.2, 0) is 0 Å². The fourth-order valence-corrected chi connectivity index (χ4v) is 2.42. The van der Waals surface area contributed by atoms with E-state index in [-0.39, 0.29) is 11.6 Å². The molecule has 2 aromatic carbocycles. The average Bonchev–Trinajstić information content (AvgIpc) is 2.85. The Morgan fingerprint density at radius 2 is 1.86 bits per heavy atom. The second-order valence-electron chi connectivity index (χ2n) is 4.72. The van der Waals surface area contributed by atoms with Crippen molar-refractivity contribution in [3.63, 3.8) is 0 Å². The van der Waals surface area contributed by atoms with Crippen LogP contribution in [0.1, 0.15) is 5.56 Å². The molecule has 5 heteroatoms. The smallest absolute Gasteiger partial charge is 0.178 e. The van der Waals surface area contributed by atoms with E-state index in [0.717, 1.165) is 11.1 Å². The zero-order valence-electron chi connectivity index (χ0n) is 11.2. The minimum Gasteiger partial charge on any atom is -0.380 e. The first-order chi connectivity index (χ1) is 10.1. The molecule has 1 aromatic heterocycles. The number of anilines is 1. The summed E-state index contributed by atoms with van der Waals surface area (Å²) in [6.45, 7) is 1.91. The van der Waals surface area contributed by atoms with E-state index in [1.807, 2.05) is 25.1 Å². The maximum absolute atomic E-state index is 13.1. The van der Waals surface area contributed by atoms with Gasteiger partial charge in [0.05, 0.1) is 10.6 Å². The van der Waals surface area contributed by atoms with E-state index in [4.69, 9.17) is 21.9 Å². The van der Waals surface area contributed by atoms with Crippen molar-refractivity contribution in [2.75, 3.05) is 5.73 Å². The van der Waals surface area contributed by atoms with Crippen molar-refractivity contribution in [3.05, 3.63) is 58.9 Å². The van der Waals surface area contributed by atoms with E-state index in [1.54, 1.807) is 12.1 Å². The molecule has 3 rings (SSSR count). The molecule has 21 heavy (non-hydrogen) atoms. The summed E-state index contributed by atoms with van der Waals surface area (Å²) in [6.07, 6.45) is 0. The summed E-state index contributed by atoms with van der Waals surface area (Å²) in [6, 6.07) is 11.6. The maximum atomic E-state index is 13.1. The lowest BCUT2D eigenvalue weighted by Gasteiger charge is -2.06. The molecular weight excluding hydrogens is 291 g/mol. The minimum atomic E-state index is -0.316. The number of hydrogen-bond acceptors (Lipinski definition) is 3. The number of benzene rings is 2. The van der Waals surface area contributed by atoms with Crippen LogP contribution >= 0.6 is 11.6 Å². The average molecular weight is 303 g/mol. The summed E-state index contributed by atoms with van der Waals surface area (Å²) in [4.78, 5) is 0. The lowest BCUT2D eigenvalue weighted by molar-refractivity contribution is 0.436. The number of aromatic nitrogens is 1. The monoisotopic (exact) mass is 302 g/mol. The molecule has 2 N–H and O–H groups in total. The number of nitrogens with two attached hydrogens (primary N) is 1. The lowest BCUT2D eigenvalue weighted by atomic mass is 10.0. The van der Waals surface area contributed by atoms with E-state index in [0.29, 0.717) is 21.9 Å². The normalized spacial score (nSPS) is 10.8. The Balaban J connectivity index is 2.22. The highest BCUT2D eigenvalue weighted by atomic mass is 35.5. The molecule has 0 aliphatic rings. The molecule has 3 nitrogen and oxygen atoms in total. The van der Waals surface area contributed by atoms with Crippen molar-refractivity contribution >= 4 is 17.4 Å². The Labute approximate surface area is 126 Å². The molecule has 0 unspecified atom stereocenters. The SMILES string of the molecule is Cc1cccc(-c2onc(N)c2-c2ccc(F)cc2)c1Cl. The Hall–Kier alpha value is -2.33. The van der Waals surface area contributed by atoms with Gasteiger partial charge >= 0.3 is 0 Å². The van der Waals surface area contributed by atoms with Crippen LogP contribution in [0.4, 0.5) is 10.2 Å². The molecule has 0 aliphatic heterocycles. The third-order valence-corrected chi connectivity index (χ3v) is 3.79. The van der Waals surface area contributed by atoms with Crippen molar-refractivity contribution in [1.82, 2.24) is 5.16 Å². The Kier molecular flexibility index (Phi) is 3.39. The van der Waals surface area contributed by atoms with Gasteiger partial charge in [0.25, 0.3) is 0 Å².